The van der Waals surface area contributed by atoms with Crippen molar-refractivity contribution in [2.24, 2.45) is 5.73 Å². The van der Waals surface area contributed by atoms with Crippen LogP contribution in [0.2, 0.25) is 0 Å². The number of nitrogens with zero attached hydrogens (tertiary/aromatic N) is 2. The molecule has 0 amide bonds. The molecule has 4 heteroatoms. The van der Waals surface area contributed by atoms with Gasteiger partial charge >= 0.3 is 0 Å². The fourth-order valence-corrected chi connectivity index (χ4v) is 2.01. The SMILES string of the molecule is [CH2-][NH2+]CCCN1CCN(CCCN)CC1. The zero-order valence-electron chi connectivity index (χ0n) is 9.83. The van der Waals surface area contributed by atoms with Crippen molar-refractivity contribution in [3.63, 3.8) is 0 Å². The Labute approximate surface area is 93.8 Å². The van der Waals surface area contributed by atoms with E-state index < -0.39 is 0 Å². The van der Waals surface area contributed by atoms with E-state index in [4.69, 9.17) is 5.73 Å². The largest absolute Gasteiger partial charge is 0.479 e. The van der Waals surface area contributed by atoms with Gasteiger partial charge in [0.2, 0.25) is 0 Å². The second-order valence-electron chi connectivity index (χ2n) is 4.26. The molecule has 1 rings (SSSR count). The van der Waals surface area contributed by atoms with Crippen molar-refractivity contribution >= 4 is 0 Å². The molecule has 0 radical (unpaired) electrons. The molecule has 1 saturated heterocycles. The first-order valence-electron chi connectivity index (χ1n) is 6.12. The molecule has 0 spiro atoms. The monoisotopic (exact) mass is 214 g/mol. The normalized spacial score (nSPS) is 19.6. The summed E-state index contributed by atoms with van der Waals surface area (Å²) in [6.07, 6.45) is 2.39. The molecule has 1 heterocycles. The number of hydrogen-bond acceptors (Lipinski definition) is 3. The molecular formula is C11H26N4. The highest BCUT2D eigenvalue weighted by atomic mass is 15.3. The topological polar surface area (TPSA) is 49.1 Å². The van der Waals surface area contributed by atoms with Gasteiger partial charge in [-0.1, -0.05) is 0 Å². The van der Waals surface area contributed by atoms with Crippen LogP contribution in [-0.2, 0) is 0 Å². The molecule has 1 fully saturated rings. The van der Waals surface area contributed by atoms with Crippen LogP contribution < -0.4 is 11.1 Å². The summed E-state index contributed by atoms with van der Waals surface area (Å²) in [5.74, 6) is 0. The number of rotatable bonds is 7. The first kappa shape index (κ1) is 12.9. The number of quaternary nitrogens is 1. The maximum Gasteiger partial charge on any atom is 0.0527 e. The van der Waals surface area contributed by atoms with Gasteiger partial charge < -0.3 is 20.9 Å². The Bertz CT molecular complexity index is 144. The summed E-state index contributed by atoms with van der Waals surface area (Å²) in [6.45, 7) is 9.26. The van der Waals surface area contributed by atoms with E-state index in [0.29, 0.717) is 0 Å². The van der Waals surface area contributed by atoms with Crippen LogP contribution >= 0.6 is 0 Å². The van der Waals surface area contributed by atoms with Crippen molar-refractivity contribution < 1.29 is 5.32 Å². The van der Waals surface area contributed by atoms with Crippen LogP contribution in [0.15, 0.2) is 0 Å². The predicted octanol–water partition coefficient (Wildman–Crippen LogP) is -1.30. The van der Waals surface area contributed by atoms with E-state index in [9.17, 15) is 0 Å². The molecule has 0 aromatic rings. The molecule has 0 aromatic carbocycles. The van der Waals surface area contributed by atoms with Gasteiger partial charge in [-0.15, -0.1) is 0 Å². The molecule has 0 saturated carbocycles. The van der Waals surface area contributed by atoms with Crippen LogP contribution in [0.25, 0.3) is 0 Å². The van der Waals surface area contributed by atoms with Crippen molar-refractivity contribution in [1.29, 1.82) is 0 Å². The minimum atomic E-state index is 0.819. The van der Waals surface area contributed by atoms with Gasteiger partial charge in [0.25, 0.3) is 0 Å². The Hall–Kier alpha value is -0.160. The Kier molecular flexibility index (Phi) is 6.92. The van der Waals surface area contributed by atoms with Crippen molar-refractivity contribution in [2.75, 3.05) is 52.4 Å². The highest BCUT2D eigenvalue weighted by Crippen LogP contribution is 2.02. The van der Waals surface area contributed by atoms with E-state index in [-0.39, 0.29) is 0 Å². The Morgan fingerprint density at radius 3 is 2.00 bits per heavy atom. The molecule has 4 N–H and O–H groups in total. The lowest BCUT2D eigenvalue weighted by Gasteiger charge is -2.34. The average Bonchev–Trinajstić information content (AvgIpc) is 2.28. The van der Waals surface area contributed by atoms with Crippen LogP contribution in [0.1, 0.15) is 12.8 Å². The van der Waals surface area contributed by atoms with Crippen LogP contribution in [0.3, 0.4) is 0 Å². The van der Waals surface area contributed by atoms with Crippen molar-refractivity contribution in [1.82, 2.24) is 9.80 Å². The average molecular weight is 214 g/mol. The fourth-order valence-electron chi connectivity index (χ4n) is 2.01. The van der Waals surface area contributed by atoms with Gasteiger partial charge in [-0.25, -0.2) is 0 Å². The summed E-state index contributed by atoms with van der Waals surface area (Å²) in [5.41, 5.74) is 5.51. The molecule has 0 bridgehead atoms. The summed E-state index contributed by atoms with van der Waals surface area (Å²) in [6, 6.07) is 0. The van der Waals surface area contributed by atoms with Crippen molar-refractivity contribution in [3.8, 4) is 0 Å². The molecule has 90 valence electrons. The van der Waals surface area contributed by atoms with Crippen molar-refractivity contribution in [2.45, 2.75) is 12.8 Å². The lowest BCUT2D eigenvalue weighted by atomic mass is 10.2. The molecule has 0 aromatic heterocycles. The van der Waals surface area contributed by atoms with Gasteiger partial charge in [0, 0.05) is 39.1 Å². The van der Waals surface area contributed by atoms with Gasteiger partial charge in [-0.2, -0.15) is 7.05 Å². The standard InChI is InChI=1S/C11H26N4/c1-13-5-3-7-15-10-8-14(9-11-15)6-2-4-12/h1-13H2. The van der Waals surface area contributed by atoms with Crippen LogP contribution in [-0.4, -0.2) is 62.2 Å². The Morgan fingerprint density at radius 2 is 1.53 bits per heavy atom. The molecule has 15 heavy (non-hydrogen) atoms. The maximum atomic E-state index is 5.51. The van der Waals surface area contributed by atoms with E-state index in [2.05, 4.69) is 16.8 Å². The molecule has 0 atom stereocenters. The molecular weight excluding hydrogens is 188 g/mol. The van der Waals surface area contributed by atoms with Crippen LogP contribution in [0.5, 0.6) is 0 Å². The smallest absolute Gasteiger partial charge is 0.0527 e. The van der Waals surface area contributed by atoms with Gasteiger partial charge in [0.1, 0.15) is 0 Å². The van der Waals surface area contributed by atoms with Gasteiger partial charge in [0.15, 0.2) is 0 Å². The lowest BCUT2D eigenvalue weighted by Crippen LogP contribution is -2.77. The second kappa shape index (κ2) is 8.05. The zero-order valence-corrected chi connectivity index (χ0v) is 9.83. The fraction of sp³-hybridized carbons (Fsp3) is 0.909. The minimum absolute atomic E-state index is 0.819. The zero-order chi connectivity index (χ0) is 10.9. The summed E-state index contributed by atoms with van der Waals surface area (Å²) >= 11 is 0. The Balaban J connectivity index is 2.02. The number of piperazine rings is 1. The first-order valence-corrected chi connectivity index (χ1v) is 6.12. The molecule has 1 aliphatic rings. The third-order valence-corrected chi connectivity index (χ3v) is 3.03. The lowest BCUT2D eigenvalue weighted by molar-refractivity contribution is -0.595. The Morgan fingerprint density at radius 1 is 1.00 bits per heavy atom. The van der Waals surface area contributed by atoms with Gasteiger partial charge in [-0.3, -0.25) is 0 Å². The molecule has 1 aliphatic heterocycles. The number of nitrogens with two attached hydrogens (primary N) is 2. The van der Waals surface area contributed by atoms with Crippen molar-refractivity contribution in [3.05, 3.63) is 7.05 Å². The molecule has 0 aliphatic carbocycles. The van der Waals surface area contributed by atoms with E-state index in [1.165, 1.54) is 45.7 Å². The van der Waals surface area contributed by atoms with E-state index in [1.807, 2.05) is 5.32 Å². The third-order valence-electron chi connectivity index (χ3n) is 3.03. The minimum Gasteiger partial charge on any atom is -0.479 e. The van der Waals surface area contributed by atoms with E-state index >= 15 is 0 Å². The summed E-state index contributed by atoms with van der Waals surface area (Å²) in [5, 5.41) is 2.01. The van der Waals surface area contributed by atoms with Gasteiger partial charge in [-0.05, 0) is 19.5 Å². The first-order chi connectivity index (χ1) is 7.36. The summed E-state index contributed by atoms with van der Waals surface area (Å²) < 4.78 is 0. The maximum absolute atomic E-state index is 5.51. The van der Waals surface area contributed by atoms with E-state index in [1.54, 1.807) is 0 Å². The quantitative estimate of drug-likeness (QED) is 0.409. The van der Waals surface area contributed by atoms with Crippen LogP contribution in [0.4, 0.5) is 0 Å². The molecule has 4 nitrogen and oxygen atoms in total. The summed E-state index contributed by atoms with van der Waals surface area (Å²) in [4.78, 5) is 5.08. The van der Waals surface area contributed by atoms with Gasteiger partial charge in [0.05, 0.1) is 6.54 Å². The van der Waals surface area contributed by atoms with Crippen LogP contribution in [0, 0.1) is 7.05 Å². The third kappa shape index (κ3) is 5.47. The highest BCUT2D eigenvalue weighted by molar-refractivity contribution is 4.71. The summed E-state index contributed by atoms with van der Waals surface area (Å²) in [7, 11) is 3.75. The second-order valence-corrected chi connectivity index (χ2v) is 4.26. The number of hydrogen-bond donors (Lipinski definition) is 2. The molecule has 0 unspecified atom stereocenters. The van der Waals surface area contributed by atoms with E-state index in [0.717, 1.165) is 19.5 Å². The predicted molar refractivity (Wildman–Crippen MR) is 63.3 cm³/mol. The highest BCUT2D eigenvalue weighted by Gasteiger charge is 2.15.